The Bertz CT molecular complexity index is 593. The molecule has 21 heavy (non-hydrogen) atoms. The molecule has 0 atom stereocenters. The lowest BCUT2D eigenvalue weighted by Gasteiger charge is -2.09. The maximum absolute atomic E-state index is 10.9. The minimum absolute atomic E-state index is 0.220. The second kappa shape index (κ2) is 7.02. The normalized spacial score (nSPS) is 10.6. The molecule has 0 aliphatic carbocycles. The monoisotopic (exact) mass is 283 g/mol. The number of aromatic carboxylic acids is 1. The second-order valence-corrected chi connectivity index (χ2v) is 5.28. The van der Waals surface area contributed by atoms with E-state index in [2.05, 4.69) is 37.0 Å². The average Bonchev–Trinajstić information content (AvgIpc) is 2.48. The van der Waals surface area contributed by atoms with Crippen LogP contribution in [0.2, 0.25) is 0 Å². The van der Waals surface area contributed by atoms with Gasteiger partial charge in [-0.2, -0.15) is 0 Å². The molecule has 3 nitrogen and oxygen atoms in total. The van der Waals surface area contributed by atoms with E-state index in [9.17, 15) is 4.79 Å². The third-order valence-electron chi connectivity index (χ3n) is 3.44. The zero-order valence-corrected chi connectivity index (χ0v) is 12.6. The van der Waals surface area contributed by atoms with Gasteiger partial charge in [-0.3, -0.25) is 4.98 Å². The van der Waals surface area contributed by atoms with Gasteiger partial charge >= 0.3 is 5.97 Å². The zero-order chi connectivity index (χ0) is 15.2. The molecule has 110 valence electrons. The number of pyridine rings is 1. The standard InChI is InChI=1S/C18H21NO2/c1-3-5-13-9-14(6-4-2)11-16(10-13)17-8-7-15(12-19-17)18(20)21/h7-12H,3-6H2,1-2H3,(H,20,21). The Hall–Kier alpha value is -2.16. The Morgan fingerprint density at radius 1 is 1.05 bits per heavy atom. The highest BCUT2D eigenvalue weighted by Crippen LogP contribution is 2.22. The second-order valence-electron chi connectivity index (χ2n) is 5.28. The van der Waals surface area contributed by atoms with Crippen molar-refractivity contribution in [1.29, 1.82) is 0 Å². The zero-order valence-electron chi connectivity index (χ0n) is 12.6. The number of aromatic nitrogens is 1. The quantitative estimate of drug-likeness (QED) is 0.857. The van der Waals surface area contributed by atoms with Gasteiger partial charge in [-0.1, -0.05) is 32.8 Å². The van der Waals surface area contributed by atoms with Gasteiger partial charge in [0.25, 0.3) is 0 Å². The number of rotatable bonds is 6. The first-order valence-corrected chi connectivity index (χ1v) is 7.46. The molecule has 2 aromatic rings. The first-order chi connectivity index (χ1) is 10.1. The smallest absolute Gasteiger partial charge is 0.337 e. The Labute approximate surface area is 125 Å². The van der Waals surface area contributed by atoms with E-state index in [-0.39, 0.29) is 5.56 Å². The molecule has 0 saturated heterocycles. The van der Waals surface area contributed by atoms with Gasteiger partial charge in [-0.15, -0.1) is 0 Å². The van der Waals surface area contributed by atoms with Crippen LogP contribution in [-0.2, 0) is 12.8 Å². The number of aryl methyl sites for hydroxylation is 2. The van der Waals surface area contributed by atoms with Crippen molar-refractivity contribution in [3.63, 3.8) is 0 Å². The van der Waals surface area contributed by atoms with Crippen LogP contribution in [0, 0.1) is 0 Å². The van der Waals surface area contributed by atoms with Gasteiger partial charge in [0, 0.05) is 11.8 Å². The first-order valence-electron chi connectivity index (χ1n) is 7.46. The van der Waals surface area contributed by atoms with E-state index in [1.807, 2.05) is 0 Å². The van der Waals surface area contributed by atoms with Crippen molar-refractivity contribution in [3.8, 4) is 11.3 Å². The molecular weight excluding hydrogens is 262 g/mol. The summed E-state index contributed by atoms with van der Waals surface area (Å²) in [6.07, 6.45) is 5.75. The molecule has 0 aliphatic heterocycles. The Morgan fingerprint density at radius 2 is 1.67 bits per heavy atom. The summed E-state index contributed by atoms with van der Waals surface area (Å²) in [4.78, 5) is 15.2. The molecule has 0 unspecified atom stereocenters. The molecule has 0 fully saturated rings. The third kappa shape index (κ3) is 3.91. The first kappa shape index (κ1) is 15.2. The maximum Gasteiger partial charge on any atom is 0.337 e. The van der Waals surface area contributed by atoms with Crippen LogP contribution in [0.5, 0.6) is 0 Å². The molecule has 1 aromatic heterocycles. The van der Waals surface area contributed by atoms with Crippen molar-refractivity contribution < 1.29 is 9.90 Å². The summed E-state index contributed by atoms with van der Waals surface area (Å²) in [7, 11) is 0. The van der Waals surface area contributed by atoms with Gasteiger partial charge in [-0.05, 0) is 48.2 Å². The summed E-state index contributed by atoms with van der Waals surface area (Å²) < 4.78 is 0. The summed E-state index contributed by atoms with van der Waals surface area (Å²) >= 11 is 0. The molecule has 0 aliphatic rings. The summed E-state index contributed by atoms with van der Waals surface area (Å²) in [5.41, 5.74) is 4.76. The van der Waals surface area contributed by atoms with Crippen molar-refractivity contribution in [1.82, 2.24) is 4.98 Å². The van der Waals surface area contributed by atoms with Crippen LogP contribution in [0.1, 0.15) is 48.2 Å². The molecule has 0 amide bonds. The molecule has 1 heterocycles. The molecular formula is C18H21NO2. The predicted molar refractivity (Wildman–Crippen MR) is 84.6 cm³/mol. The van der Waals surface area contributed by atoms with E-state index in [1.165, 1.54) is 17.3 Å². The average molecular weight is 283 g/mol. The maximum atomic E-state index is 10.9. The van der Waals surface area contributed by atoms with E-state index in [0.717, 1.165) is 36.9 Å². The number of hydrogen-bond donors (Lipinski definition) is 1. The lowest BCUT2D eigenvalue weighted by atomic mass is 9.98. The molecule has 0 spiro atoms. The Balaban J connectivity index is 2.38. The van der Waals surface area contributed by atoms with Gasteiger partial charge in [-0.25, -0.2) is 4.79 Å². The number of carbonyl (C=O) groups is 1. The van der Waals surface area contributed by atoms with E-state index in [1.54, 1.807) is 12.1 Å². The topological polar surface area (TPSA) is 50.2 Å². The van der Waals surface area contributed by atoms with Crippen LogP contribution in [0.4, 0.5) is 0 Å². The van der Waals surface area contributed by atoms with Crippen molar-refractivity contribution in [2.75, 3.05) is 0 Å². The van der Waals surface area contributed by atoms with E-state index < -0.39 is 5.97 Å². The van der Waals surface area contributed by atoms with Gasteiger partial charge in [0.2, 0.25) is 0 Å². The van der Waals surface area contributed by atoms with Crippen LogP contribution >= 0.6 is 0 Å². The third-order valence-corrected chi connectivity index (χ3v) is 3.44. The van der Waals surface area contributed by atoms with Crippen LogP contribution in [0.3, 0.4) is 0 Å². The highest BCUT2D eigenvalue weighted by molar-refractivity contribution is 5.87. The summed E-state index contributed by atoms with van der Waals surface area (Å²) in [6, 6.07) is 9.97. The lowest BCUT2D eigenvalue weighted by molar-refractivity contribution is 0.0696. The minimum atomic E-state index is -0.944. The molecule has 1 N–H and O–H groups in total. The van der Waals surface area contributed by atoms with Gasteiger partial charge < -0.3 is 5.11 Å². The molecule has 3 heteroatoms. The van der Waals surface area contributed by atoms with Crippen LogP contribution in [0.25, 0.3) is 11.3 Å². The number of hydrogen-bond acceptors (Lipinski definition) is 2. The highest BCUT2D eigenvalue weighted by Gasteiger charge is 2.07. The molecule has 1 aromatic carbocycles. The molecule has 2 rings (SSSR count). The van der Waals surface area contributed by atoms with Crippen molar-refractivity contribution in [3.05, 3.63) is 53.2 Å². The van der Waals surface area contributed by atoms with Crippen LogP contribution in [-0.4, -0.2) is 16.1 Å². The summed E-state index contributed by atoms with van der Waals surface area (Å²) in [6.45, 7) is 4.35. The van der Waals surface area contributed by atoms with Crippen molar-refractivity contribution in [2.45, 2.75) is 39.5 Å². The van der Waals surface area contributed by atoms with Crippen molar-refractivity contribution >= 4 is 5.97 Å². The SMILES string of the molecule is CCCc1cc(CCC)cc(-c2ccc(C(=O)O)cn2)c1. The number of carboxylic acids is 1. The van der Waals surface area contributed by atoms with E-state index in [4.69, 9.17) is 5.11 Å². The fourth-order valence-corrected chi connectivity index (χ4v) is 2.47. The number of nitrogens with zero attached hydrogens (tertiary/aromatic N) is 1. The summed E-state index contributed by atoms with van der Waals surface area (Å²) in [5, 5.41) is 8.93. The van der Waals surface area contributed by atoms with Crippen molar-refractivity contribution in [2.24, 2.45) is 0 Å². The van der Waals surface area contributed by atoms with Crippen LogP contribution in [0.15, 0.2) is 36.5 Å². The molecule has 0 saturated carbocycles. The van der Waals surface area contributed by atoms with Gasteiger partial charge in [0.15, 0.2) is 0 Å². The fraction of sp³-hybridized carbons (Fsp3) is 0.333. The Kier molecular flexibility index (Phi) is 5.09. The predicted octanol–water partition coefficient (Wildman–Crippen LogP) is 4.35. The number of carboxylic acid groups (broad SMARTS) is 1. The highest BCUT2D eigenvalue weighted by atomic mass is 16.4. The van der Waals surface area contributed by atoms with Gasteiger partial charge in [0.05, 0.1) is 11.3 Å². The number of benzene rings is 1. The largest absolute Gasteiger partial charge is 0.478 e. The molecule has 0 radical (unpaired) electrons. The van der Waals surface area contributed by atoms with Crippen LogP contribution < -0.4 is 0 Å². The molecule has 0 bridgehead atoms. The lowest BCUT2D eigenvalue weighted by Crippen LogP contribution is -1.98. The summed E-state index contributed by atoms with van der Waals surface area (Å²) in [5.74, 6) is -0.944. The van der Waals surface area contributed by atoms with Gasteiger partial charge in [0.1, 0.15) is 0 Å². The fourth-order valence-electron chi connectivity index (χ4n) is 2.47. The van der Waals surface area contributed by atoms with E-state index in [0.29, 0.717) is 0 Å². The minimum Gasteiger partial charge on any atom is -0.478 e. The van der Waals surface area contributed by atoms with E-state index >= 15 is 0 Å². The Morgan fingerprint density at radius 3 is 2.10 bits per heavy atom.